The van der Waals surface area contributed by atoms with Gasteiger partial charge in [0.25, 0.3) is 5.56 Å². The lowest BCUT2D eigenvalue weighted by atomic mass is 10.0. The summed E-state index contributed by atoms with van der Waals surface area (Å²) >= 11 is 6.19. The second kappa shape index (κ2) is 10.1. The lowest BCUT2D eigenvalue weighted by Gasteiger charge is -2.19. The average molecular weight is 523 g/mol. The first-order chi connectivity index (χ1) is 18.3. The number of pyridine rings is 1. The van der Waals surface area contributed by atoms with Crippen LogP contribution in [0.25, 0.3) is 16.5 Å². The Balaban J connectivity index is 1.61. The van der Waals surface area contributed by atoms with Crippen molar-refractivity contribution in [3.05, 3.63) is 122 Å². The Labute approximate surface area is 225 Å². The number of benzene rings is 3. The van der Waals surface area contributed by atoms with Gasteiger partial charge in [0.05, 0.1) is 28.9 Å². The maximum atomic E-state index is 13.9. The SMILES string of the molecule is Cc1cc(C(=N)c2c(N)ncnc2NCc2cc3cccc(C)c3c(=O)n2-c2ccccc2C)ccc1Cl. The molecule has 0 aliphatic carbocycles. The molecular formula is C30H27ClN6O. The lowest BCUT2D eigenvalue weighted by molar-refractivity contribution is 0.883. The number of aryl methyl sites for hydroxylation is 3. The van der Waals surface area contributed by atoms with Crippen LogP contribution in [0, 0.1) is 26.2 Å². The van der Waals surface area contributed by atoms with Crippen LogP contribution < -0.4 is 16.6 Å². The minimum absolute atomic E-state index is 0.0847. The van der Waals surface area contributed by atoms with Crippen LogP contribution in [-0.2, 0) is 6.54 Å². The molecule has 38 heavy (non-hydrogen) atoms. The van der Waals surface area contributed by atoms with Crippen molar-refractivity contribution >= 4 is 39.7 Å². The zero-order valence-corrected chi connectivity index (χ0v) is 22.1. The number of para-hydroxylation sites is 1. The molecular weight excluding hydrogens is 496 g/mol. The van der Waals surface area contributed by atoms with Crippen molar-refractivity contribution in [1.29, 1.82) is 5.41 Å². The molecule has 0 spiro atoms. The minimum Gasteiger partial charge on any atom is -0.383 e. The number of aromatic nitrogens is 3. The highest BCUT2D eigenvalue weighted by atomic mass is 35.5. The van der Waals surface area contributed by atoms with Gasteiger partial charge in [0, 0.05) is 16.3 Å². The van der Waals surface area contributed by atoms with Crippen molar-refractivity contribution in [3.63, 3.8) is 0 Å². The highest BCUT2D eigenvalue weighted by molar-refractivity contribution is 6.31. The normalized spacial score (nSPS) is 11.1. The maximum absolute atomic E-state index is 13.9. The molecule has 0 aliphatic rings. The molecule has 0 saturated carbocycles. The highest BCUT2D eigenvalue weighted by Gasteiger charge is 2.19. The van der Waals surface area contributed by atoms with E-state index in [4.69, 9.17) is 22.7 Å². The van der Waals surface area contributed by atoms with Crippen LogP contribution in [0.4, 0.5) is 11.6 Å². The van der Waals surface area contributed by atoms with E-state index in [1.165, 1.54) is 6.33 Å². The summed E-state index contributed by atoms with van der Waals surface area (Å²) in [6.45, 7) is 6.09. The molecule has 0 aliphatic heterocycles. The molecule has 0 bridgehead atoms. The highest BCUT2D eigenvalue weighted by Crippen LogP contribution is 2.26. The number of halogens is 1. The van der Waals surface area contributed by atoms with Gasteiger partial charge in [-0.05, 0) is 67.1 Å². The third kappa shape index (κ3) is 4.53. The number of hydrogen-bond donors (Lipinski definition) is 3. The van der Waals surface area contributed by atoms with Crippen LogP contribution in [0.2, 0.25) is 5.02 Å². The summed E-state index contributed by atoms with van der Waals surface area (Å²) in [6.07, 6.45) is 1.36. The monoisotopic (exact) mass is 522 g/mol. The molecule has 190 valence electrons. The third-order valence-corrected chi connectivity index (χ3v) is 7.12. The van der Waals surface area contributed by atoms with E-state index in [9.17, 15) is 4.79 Å². The predicted octanol–water partition coefficient (Wildman–Crippen LogP) is 5.97. The summed E-state index contributed by atoms with van der Waals surface area (Å²) in [5.74, 6) is 0.591. The van der Waals surface area contributed by atoms with Crippen LogP contribution in [0.5, 0.6) is 0 Å². The van der Waals surface area contributed by atoms with E-state index in [2.05, 4.69) is 15.3 Å². The van der Waals surface area contributed by atoms with E-state index in [-0.39, 0.29) is 23.6 Å². The van der Waals surface area contributed by atoms with Crippen molar-refractivity contribution < 1.29 is 0 Å². The number of fused-ring (bicyclic) bond motifs is 1. The number of nitrogens with one attached hydrogen (secondary N) is 2. The minimum atomic E-state index is -0.0847. The van der Waals surface area contributed by atoms with Crippen LogP contribution >= 0.6 is 11.6 Å². The van der Waals surface area contributed by atoms with E-state index in [0.717, 1.165) is 33.5 Å². The van der Waals surface area contributed by atoms with Gasteiger partial charge in [0.1, 0.15) is 18.0 Å². The maximum Gasteiger partial charge on any atom is 0.263 e. The molecule has 0 unspecified atom stereocenters. The fourth-order valence-corrected chi connectivity index (χ4v) is 4.81. The lowest BCUT2D eigenvalue weighted by Crippen LogP contribution is -2.25. The topological polar surface area (TPSA) is 110 Å². The molecule has 3 aromatic carbocycles. The quantitative estimate of drug-likeness (QED) is 0.238. The molecule has 2 heterocycles. The number of anilines is 2. The zero-order chi connectivity index (χ0) is 27.0. The molecule has 0 saturated heterocycles. The number of nitrogens with two attached hydrogens (primary N) is 1. The van der Waals surface area contributed by atoms with Crippen molar-refractivity contribution in [2.45, 2.75) is 27.3 Å². The Morgan fingerprint density at radius 3 is 2.50 bits per heavy atom. The van der Waals surface area contributed by atoms with Gasteiger partial charge in [-0.15, -0.1) is 0 Å². The summed E-state index contributed by atoms with van der Waals surface area (Å²) in [4.78, 5) is 22.4. The predicted molar refractivity (Wildman–Crippen MR) is 155 cm³/mol. The van der Waals surface area contributed by atoms with Crippen molar-refractivity contribution in [1.82, 2.24) is 14.5 Å². The third-order valence-electron chi connectivity index (χ3n) is 6.70. The largest absolute Gasteiger partial charge is 0.383 e. The van der Waals surface area contributed by atoms with Gasteiger partial charge in [0.15, 0.2) is 0 Å². The van der Waals surface area contributed by atoms with Crippen LogP contribution in [0.15, 0.2) is 77.9 Å². The van der Waals surface area contributed by atoms with E-state index in [0.29, 0.717) is 27.4 Å². The smallest absolute Gasteiger partial charge is 0.263 e. The fraction of sp³-hybridized carbons (Fsp3) is 0.133. The van der Waals surface area contributed by atoms with Gasteiger partial charge in [-0.25, -0.2) is 9.97 Å². The van der Waals surface area contributed by atoms with E-state index >= 15 is 0 Å². The molecule has 2 aromatic heterocycles. The van der Waals surface area contributed by atoms with Gasteiger partial charge in [-0.3, -0.25) is 14.8 Å². The molecule has 0 atom stereocenters. The fourth-order valence-electron chi connectivity index (χ4n) is 4.70. The van der Waals surface area contributed by atoms with Crippen molar-refractivity contribution in [3.8, 4) is 5.69 Å². The second-order valence-corrected chi connectivity index (χ2v) is 9.68. The molecule has 5 aromatic rings. The molecule has 5 rings (SSSR count). The molecule has 8 heteroatoms. The summed E-state index contributed by atoms with van der Waals surface area (Å²) in [5, 5.41) is 14.4. The Morgan fingerprint density at radius 1 is 0.974 bits per heavy atom. The van der Waals surface area contributed by atoms with Crippen molar-refractivity contribution in [2.75, 3.05) is 11.1 Å². The molecule has 7 nitrogen and oxygen atoms in total. The van der Waals surface area contributed by atoms with Gasteiger partial charge in [0.2, 0.25) is 0 Å². The average Bonchev–Trinajstić information content (AvgIpc) is 2.89. The van der Waals surface area contributed by atoms with Gasteiger partial charge >= 0.3 is 0 Å². The number of nitrogen functional groups attached to an aromatic ring is 1. The number of nitrogens with zero attached hydrogens (tertiary/aromatic N) is 3. The molecule has 0 radical (unpaired) electrons. The summed E-state index contributed by atoms with van der Waals surface area (Å²) in [5.41, 5.74) is 11.7. The van der Waals surface area contributed by atoms with Gasteiger partial charge < -0.3 is 11.1 Å². The Kier molecular flexibility index (Phi) is 6.70. The Hall–Kier alpha value is -4.49. The molecule has 0 fully saturated rings. The van der Waals surface area contributed by atoms with Crippen LogP contribution in [0.1, 0.15) is 33.5 Å². The Morgan fingerprint density at radius 2 is 1.74 bits per heavy atom. The second-order valence-electron chi connectivity index (χ2n) is 9.28. The zero-order valence-electron chi connectivity index (χ0n) is 21.3. The van der Waals surface area contributed by atoms with E-state index in [1.807, 2.05) is 75.4 Å². The number of rotatable bonds is 6. The van der Waals surface area contributed by atoms with Gasteiger partial charge in [-0.2, -0.15) is 0 Å². The number of hydrogen-bond acceptors (Lipinski definition) is 6. The van der Waals surface area contributed by atoms with Crippen LogP contribution in [0.3, 0.4) is 0 Å². The summed E-state index contributed by atoms with van der Waals surface area (Å²) in [7, 11) is 0. The van der Waals surface area contributed by atoms with E-state index in [1.54, 1.807) is 16.7 Å². The molecule has 0 amide bonds. The first-order valence-corrected chi connectivity index (χ1v) is 12.5. The molecule has 4 N–H and O–H groups in total. The van der Waals surface area contributed by atoms with E-state index < -0.39 is 0 Å². The van der Waals surface area contributed by atoms with Crippen molar-refractivity contribution in [2.24, 2.45) is 0 Å². The first kappa shape index (κ1) is 25.2. The summed E-state index contributed by atoms with van der Waals surface area (Å²) < 4.78 is 1.75. The van der Waals surface area contributed by atoms with Gasteiger partial charge in [-0.1, -0.05) is 54.1 Å². The Bertz CT molecular complexity index is 1780. The first-order valence-electron chi connectivity index (χ1n) is 12.2. The summed E-state index contributed by atoms with van der Waals surface area (Å²) in [6, 6.07) is 21.0. The standard InChI is InChI=1S/C30H27ClN6O/c1-17-7-4-5-10-24(17)37-22(14-20-9-6-8-18(2)25(20)30(37)38)15-34-29-26(28(33)35-16-36-29)27(32)21-11-12-23(31)19(3)13-21/h4-14,16,32H,15H2,1-3H3,(H3,33,34,35,36). The van der Waals surface area contributed by atoms with Crippen LogP contribution in [-0.4, -0.2) is 20.2 Å².